The van der Waals surface area contributed by atoms with E-state index in [1.54, 1.807) is 35.2 Å². The molecule has 1 N–H and O–H groups in total. The fourth-order valence-electron chi connectivity index (χ4n) is 3.51. The van der Waals surface area contributed by atoms with Gasteiger partial charge in [0.1, 0.15) is 0 Å². The highest BCUT2D eigenvalue weighted by molar-refractivity contribution is 7.92. The quantitative estimate of drug-likeness (QED) is 0.748. The monoisotopic (exact) mass is 466 g/mol. The van der Waals surface area contributed by atoms with Crippen LogP contribution >= 0.6 is 22.9 Å². The minimum absolute atomic E-state index is 0.115. The molecule has 160 valence electrons. The van der Waals surface area contributed by atoms with Crippen molar-refractivity contribution in [2.24, 2.45) is 0 Å². The van der Waals surface area contributed by atoms with E-state index in [1.165, 1.54) is 21.1 Å². The van der Waals surface area contributed by atoms with Gasteiger partial charge in [-0.2, -0.15) is 4.31 Å². The minimum atomic E-state index is -3.55. The highest BCUT2D eigenvalue weighted by atomic mass is 35.5. The van der Waals surface area contributed by atoms with Crippen LogP contribution < -0.4 is 5.32 Å². The molecule has 1 unspecified atom stereocenters. The molecule has 1 aromatic carbocycles. The first-order chi connectivity index (χ1) is 14.3. The van der Waals surface area contributed by atoms with Gasteiger partial charge < -0.3 is 10.2 Å². The van der Waals surface area contributed by atoms with Crippen LogP contribution in [0.1, 0.15) is 32.9 Å². The lowest BCUT2D eigenvalue weighted by Gasteiger charge is -2.32. The predicted molar refractivity (Wildman–Crippen MR) is 119 cm³/mol. The van der Waals surface area contributed by atoms with E-state index in [4.69, 9.17) is 11.6 Å². The minimum Gasteiger partial charge on any atom is -0.334 e. The third-order valence-electron chi connectivity index (χ3n) is 5.26. The van der Waals surface area contributed by atoms with Crippen molar-refractivity contribution in [1.29, 1.82) is 0 Å². The molecule has 0 saturated carbocycles. The molecule has 7 nitrogen and oxygen atoms in total. The predicted octanol–water partition coefficient (Wildman–Crippen LogP) is 2.59. The Bertz CT molecular complexity index is 1060. The zero-order valence-electron chi connectivity index (χ0n) is 16.5. The van der Waals surface area contributed by atoms with Gasteiger partial charge in [0.2, 0.25) is 10.0 Å². The Morgan fingerprint density at radius 3 is 2.63 bits per heavy atom. The normalized spacial score (nSPS) is 20.5. The van der Waals surface area contributed by atoms with Gasteiger partial charge >= 0.3 is 0 Å². The van der Waals surface area contributed by atoms with E-state index < -0.39 is 10.0 Å². The second kappa shape index (κ2) is 8.76. The van der Waals surface area contributed by atoms with Gasteiger partial charge in [0.15, 0.2) is 5.01 Å². The smallest absolute Gasteiger partial charge is 0.282 e. The molecule has 3 heterocycles. The molecule has 4 rings (SSSR count). The maximum Gasteiger partial charge on any atom is 0.282 e. The van der Waals surface area contributed by atoms with Gasteiger partial charge in [0.25, 0.3) is 5.91 Å². The van der Waals surface area contributed by atoms with Crippen molar-refractivity contribution in [3.63, 3.8) is 0 Å². The van der Waals surface area contributed by atoms with Gasteiger partial charge in [0.05, 0.1) is 5.69 Å². The van der Waals surface area contributed by atoms with Crippen LogP contribution in [-0.2, 0) is 23.0 Å². The molecule has 2 aliphatic rings. The molecular weight excluding hydrogens is 444 g/mol. The van der Waals surface area contributed by atoms with Crippen LogP contribution in [0.4, 0.5) is 0 Å². The number of nitrogens with one attached hydrogen (secondary N) is 1. The van der Waals surface area contributed by atoms with E-state index in [0.29, 0.717) is 29.2 Å². The molecule has 1 amide bonds. The van der Waals surface area contributed by atoms with Crippen LogP contribution in [0.2, 0.25) is 5.02 Å². The van der Waals surface area contributed by atoms with Crippen LogP contribution in [0.15, 0.2) is 29.7 Å². The summed E-state index contributed by atoms with van der Waals surface area (Å²) in [5, 5.41) is 5.68. The second-order valence-corrected chi connectivity index (χ2v) is 10.8. The maximum atomic E-state index is 12.9. The molecule has 1 atom stereocenters. The van der Waals surface area contributed by atoms with Gasteiger partial charge in [-0.05, 0) is 30.7 Å². The van der Waals surface area contributed by atoms with E-state index in [0.717, 1.165) is 29.1 Å². The molecule has 1 fully saturated rings. The molecular formula is C20H23ClN4O3S2. The van der Waals surface area contributed by atoms with Gasteiger partial charge in [-0.1, -0.05) is 23.7 Å². The molecule has 2 aromatic rings. The van der Waals surface area contributed by atoms with E-state index in [1.807, 2.05) is 0 Å². The number of rotatable bonds is 4. The molecule has 2 aliphatic heterocycles. The van der Waals surface area contributed by atoms with Crippen molar-refractivity contribution in [3.8, 4) is 0 Å². The zero-order valence-corrected chi connectivity index (χ0v) is 18.9. The lowest BCUT2D eigenvalue weighted by molar-refractivity contribution is 0.0698. The molecule has 0 bridgehead atoms. The average Bonchev–Trinajstić information content (AvgIpc) is 3.16. The Labute approximate surface area is 185 Å². The van der Waals surface area contributed by atoms with Crippen molar-refractivity contribution in [1.82, 2.24) is 19.5 Å². The van der Waals surface area contributed by atoms with Gasteiger partial charge in [0, 0.05) is 60.5 Å². The van der Waals surface area contributed by atoms with Crippen molar-refractivity contribution in [2.75, 3.05) is 26.2 Å². The summed E-state index contributed by atoms with van der Waals surface area (Å²) in [7, 11) is -3.55. The third kappa shape index (κ3) is 4.76. The fraction of sp³-hybridized carbons (Fsp3) is 0.400. The molecule has 0 spiro atoms. The molecule has 1 saturated heterocycles. The van der Waals surface area contributed by atoms with E-state index in [2.05, 4.69) is 17.2 Å². The number of carbonyl (C=O) groups is 1. The van der Waals surface area contributed by atoms with Gasteiger partial charge in [-0.3, -0.25) is 4.79 Å². The van der Waals surface area contributed by atoms with Crippen LogP contribution in [-0.4, -0.2) is 60.7 Å². The fourth-order valence-corrected chi connectivity index (χ4v) is 5.81. The van der Waals surface area contributed by atoms with Crippen molar-refractivity contribution < 1.29 is 13.2 Å². The largest absolute Gasteiger partial charge is 0.334 e. The second-order valence-electron chi connectivity index (χ2n) is 7.47. The number of aromatic nitrogens is 1. The lowest BCUT2D eigenvalue weighted by atomic mass is 10.1. The Hall–Kier alpha value is -1.78. The van der Waals surface area contributed by atoms with Crippen molar-refractivity contribution in [2.45, 2.75) is 25.9 Å². The van der Waals surface area contributed by atoms with Crippen LogP contribution in [0.3, 0.4) is 0 Å². The number of halogens is 1. The maximum absolute atomic E-state index is 12.9. The number of benzene rings is 1. The average molecular weight is 467 g/mol. The zero-order chi connectivity index (χ0) is 21.3. The summed E-state index contributed by atoms with van der Waals surface area (Å²) in [6.07, 6.45) is 2.38. The number of carbonyl (C=O) groups excluding carboxylic acids is 1. The first kappa shape index (κ1) is 21.5. The Morgan fingerprint density at radius 2 is 1.93 bits per heavy atom. The molecule has 0 radical (unpaired) electrons. The highest BCUT2D eigenvalue weighted by Crippen LogP contribution is 2.25. The molecule has 30 heavy (non-hydrogen) atoms. The summed E-state index contributed by atoms with van der Waals surface area (Å²) in [5.74, 6) is -0.115. The van der Waals surface area contributed by atoms with Crippen LogP contribution in [0.25, 0.3) is 6.08 Å². The van der Waals surface area contributed by atoms with E-state index >= 15 is 0 Å². The number of hydrogen-bond donors (Lipinski definition) is 1. The number of hydrogen-bond acceptors (Lipinski definition) is 6. The number of thiazole rings is 1. The molecule has 10 heteroatoms. The summed E-state index contributed by atoms with van der Waals surface area (Å²) in [5.41, 5.74) is 1.76. The summed E-state index contributed by atoms with van der Waals surface area (Å²) in [4.78, 5) is 20.2. The molecule has 1 aromatic heterocycles. The van der Waals surface area contributed by atoms with Gasteiger partial charge in [-0.25, -0.2) is 13.4 Å². The SMILES string of the molecule is CC1Cc2nc(C(=O)N3CCN(S(=O)(=O)C=Cc4ccc(Cl)cc4)CC3)sc2CN1. The van der Waals surface area contributed by atoms with E-state index in [-0.39, 0.29) is 19.0 Å². The lowest BCUT2D eigenvalue weighted by Crippen LogP contribution is -2.50. The van der Waals surface area contributed by atoms with Crippen LogP contribution in [0, 0.1) is 0 Å². The summed E-state index contributed by atoms with van der Waals surface area (Å²) in [6.45, 7) is 4.08. The Morgan fingerprint density at radius 1 is 1.23 bits per heavy atom. The third-order valence-corrected chi connectivity index (χ3v) is 8.16. The van der Waals surface area contributed by atoms with E-state index in [9.17, 15) is 13.2 Å². The standard InChI is InChI=1S/C20H23ClN4O3S2/c1-14-12-17-18(13-22-14)29-19(23-17)20(26)24-7-9-25(10-8-24)30(27,28)11-6-15-2-4-16(21)5-3-15/h2-6,11,14,22H,7-10,12-13H2,1H3. The Kier molecular flexibility index (Phi) is 6.26. The summed E-state index contributed by atoms with van der Waals surface area (Å²) < 4.78 is 26.7. The topological polar surface area (TPSA) is 82.6 Å². The highest BCUT2D eigenvalue weighted by Gasteiger charge is 2.30. The first-order valence-corrected chi connectivity index (χ1v) is 12.5. The number of piperazine rings is 1. The number of sulfonamides is 1. The Balaban J connectivity index is 1.37. The summed E-state index contributed by atoms with van der Waals surface area (Å²) >= 11 is 7.29. The first-order valence-electron chi connectivity index (χ1n) is 9.77. The number of amides is 1. The van der Waals surface area contributed by atoms with Crippen molar-refractivity contribution in [3.05, 3.63) is 55.8 Å². The number of fused-ring (bicyclic) bond motifs is 1. The van der Waals surface area contributed by atoms with Gasteiger partial charge in [-0.15, -0.1) is 11.3 Å². The van der Waals surface area contributed by atoms with Crippen molar-refractivity contribution >= 4 is 44.9 Å². The number of nitrogens with zero attached hydrogens (tertiary/aromatic N) is 3. The molecule has 0 aliphatic carbocycles. The summed E-state index contributed by atoms with van der Waals surface area (Å²) in [6, 6.07) is 7.30. The van der Waals surface area contributed by atoms with Crippen LogP contribution in [0.5, 0.6) is 0 Å².